The SMILES string of the molecule is CCc1ccc(C(=O)N2CCN(C(C#N)C(C)C)CC2)cc1S(=O)(=O)N1CCOCC1. The van der Waals surface area contributed by atoms with E-state index in [4.69, 9.17) is 4.74 Å². The molecule has 8 nitrogen and oxygen atoms in total. The number of hydrogen-bond acceptors (Lipinski definition) is 6. The van der Waals surface area contributed by atoms with E-state index >= 15 is 0 Å². The quantitative estimate of drug-likeness (QED) is 0.656. The summed E-state index contributed by atoms with van der Waals surface area (Å²) in [6.45, 7) is 9.66. The second-order valence-corrected chi connectivity index (χ2v) is 10.2. The van der Waals surface area contributed by atoms with E-state index in [1.807, 2.05) is 20.8 Å². The Labute approximate surface area is 185 Å². The molecule has 1 atom stereocenters. The first kappa shape index (κ1) is 23.7. The van der Waals surface area contributed by atoms with Crippen LogP contribution in [0.25, 0.3) is 0 Å². The van der Waals surface area contributed by atoms with E-state index in [-0.39, 0.29) is 22.8 Å². The van der Waals surface area contributed by atoms with Crippen molar-refractivity contribution in [2.75, 3.05) is 52.5 Å². The number of carbonyl (C=O) groups excluding carboxylic acids is 1. The van der Waals surface area contributed by atoms with Crippen LogP contribution in [-0.2, 0) is 21.2 Å². The normalized spacial score (nSPS) is 19.9. The minimum atomic E-state index is -3.69. The van der Waals surface area contributed by atoms with Gasteiger partial charge in [0.2, 0.25) is 10.0 Å². The fourth-order valence-corrected chi connectivity index (χ4v) is 5.91. The zero-order chi connectivity index (χ0) is 22.6. The summed E-state index contributed by atoms with van der Waals surface area (Å²) in [6, 6.07) is 7.20. The van der Waals surface area contributed by atoms with Crippen LogP contribution in [0.5, 0.6) is 0 Å². The summed E-state index contributed by atoms with van der Waals surface area (Å²) in [5.41, 5.74) is 1.10. The molecule has 3 rings (SSSR count). The Bertz CT molecular complexity index is 927. The molecule has 0 N–H and O–H groups in total. The molecule has 2 fully saturated rings. The molecule has 0 aliphatic carbocycles. The molecular formula is C22H32N4O4S. The number of nitriles is 1. The molecule has 2 saturated heterocycles. The van der Waals surface area contributed by atoms with E-state index in [1.54, 1.807) is 17.0 Å². The van der Waals surface area contributed by atoms with Crippen molar-refractivity contribution in [2.45, 2.75) is 38.1 Å². The standard InChI is InChI=1S/C22H32N4O4S/c1-4-18-5-6-19(15-21(18)31(28,29)26-11-13-30-14-12-26)22(27)25-9-7-24(8-10-25)20(16-23)17(2)3/h5-6,15,17,20H,4,7-14H2,1-3H3. The molecule has 2 heterocycles. The molecule has 31 heavy (non-hydrogen) atoms. The largest absolute Gasteiger partial charge is 0.379 e. The van der Waals surface area contributed by atoms with E-state index < -0.39 is 10.0 Å². The number of morpholine rings is 1. The van der Waals surface area contributed by atoms with Gasteiger partial charge < -0.3 is 9.64 Å². The van der Waals surface area contributed by atoms with Crippen LogP contribution in [0, 0.1) is 17.2 Å². The maximum Gasteiger partial charge on any atom is 0.253 e. The number of nitrogens with zero attached hydrogens (tertiary/aromatic N) is 4. The van der Waals surface area contributed by atoms with Gasteiger partial charge in [0.1, 0.15) is 6.04 Å². The van der Waals surface area contributed by atoms with Crippen molar-refractivity contribution in [3.8, 4) is 6.07 Å². The van der Waals surface area contributed by atoms with Crippen LogP contribution in [0.4, 0.5) is 0 Å². The van der Waals surface area contributed by atoms with Crippen LogP contribution in [0.15, 0.2) is 23.1 Å². The minimum absolute atomic E-state index is 0.161. The topological polar surface area (TPSA) is 93.9 Å². The Hall–Kier alpha value is -1.99. The second-order valence-electron chi connectivity index (χ2n) is 8.34. The van der Waals surface area contributed by atoms with Crippen molar-refractivity contribution < 1.29 is 17.9 Å². The van der Waals surface area contributed by atoms with Gasteiger partial charge in [-0.15, -0.1) is 0 Å². The Morgan fingerprint density at radius 1 is 1.13 bits per heavy atom. The molecule has 0 bridgehead atoms. The van der Waals surface area contributed by atoms with Gasteiger partial charge in [-0.3, -0.25) is 9.69 Å². The van der Waals surface area contributed by atoms with Gasteiger partial charge in [-0.25, -0.2) is 8.42 Å². The predicted octanol–water partition coefficient (Wildman–Crippen LogP) is 1.58. The first-order chi connectivity index (χ1) is 14.8. The van der Waals surface area contributed by atoms with E-state index in [1.165, 1.54) is 10.4 Å². The van der Waals surface area contributed by atoms with E-state index in [0.717, 1.165) is 0 Å². The van der Waals surface area contributed by atoms with Gasteiger partial charge >= 0.3 is 0 Å². The number of hydrogen-bond donors (Lipinski definition) is 0. The summed E-state index contributed by atoms with van der Waals surface area (Å²) in [5.74, 6) is 0.0561. The minimum Gasteiger partial charge on any atom is -0.379 e. The van der Waals surface area contributed by atoms with Crippen LogP contribution in [-0.4, -0.2) is 87.0 Å². The number of piperazine rings is 1. The van der Waals surface area contributed by atoms with E-state index in [0.29, 0.717) is 70.0 Å². The van der Waals surface area contributed by atoms with Crippen LogP contribution >= 0.6 is 0 Å². The number of benzene rings is 1. The third-order valence-electron chi connectivity index (χ3n) is 6.04. The highest BCUT2D eigenvalue weighted by molar-refractivity contribution is 7.89. The molecule has 2 aliphatic heterocycles. The highest BCUT2D eigenvalue weighted by atomic mass is 32.2. The van der Waals surface area contributed by atoms with Crippen molar-refractivity contribution in [3.63, 3.8) is 0 Å². The second kappa shape index (κ2) is 10.1. The molecule has 0 spiro atoms. The van der Waals surface area contributed by atoms with Gasteiger partial charge in [0.25, 0.3) is 5.91 Å². The zero-order valence-electron chi connectivity index (χ0n) is 18.6. The number of ether oxygens (including phenoxy) is 1. The first-order valence-electron chi connectivity index (χ1n) is 10.9. The Morgan fingerprint density at radius 2 is 1.77 bits per heavy atom. The molecule has 2 aliphatic rings. The third-order valence-corrected chi connectivity index (χ3v) is 8.02. The van der Waals surface area contributed by atoms with Gasteiger partial charge in [-0.05, 0) is 30.0 Å². The monoisotopic (exact) mass is 448 g/mol. The van der Waals surface area contributed by atoms with Gasteiger partial charge in [0, 0.05) is 44.8 Å². The van der Waals surface area contributed by atoms with Crippen molar-refractivity contribution in [3.05, 3.63) is 29.3 Å². The average Bonchev–Trinajstić information content (AvgIpc) is 2.79. The smallest absolute Gasteiger partial charge is 0.253 e. The molecule has 0 radical (unpaired) electrons. The summed E-state index contributed by atoms with van der Waals surface area (Å²) >= 11 is 0. The summed E-state index contributed by atoms with van der Waals surface area (Å²) in [6.07, 6.45) is 0.566. The average molecular weight is 449 g/mol. The van der Waals surface area contributed by atoms with Gasteiger partial charge in [0.05, 0.1) is 24.2 Å². The maximum absolute atomic E-state index is 13.2. The molecule has 1 unspecified atom stereocenters. The van der Waals surface area contributed by atoms with Crippen molar-refractivity contribution in [2.24, 2.45) is 5.92 Å². The van der Waals surface area contributed by atoms with Crippen LogP contribution in [0.2, 0.25) is 0 Å². The number of aryl methyl sites for hydroxylation is 1. The Kier molecular flexibility index (Phi) is 7.70. The molecule has 170 valence electrons. The molecule has 9 heteroatoms. The van der Waals surface area contributed by atoms with E-state index in [9.17, 15) is 18.5 Å². The van der Waals surface area contributed by atoms with Crippen LogP contribution in [0.3, 0.4) is 0 Å². The Morgan fingerprint density at radius 3 is 2.32 bits per heavy atom. The van der Waals surface area contributed by atoms with Crippen LogP contribution in [0.1, 0.15) is 36.7 Å². The summed E-state index contributed by atoms with van der Waals surface area (Å²) in [5, 5.41) is 9.42. The number of sulfonamides is 1. The molecule has 1 aromatic rings. The fraction of sp³-hybridized carbons (Fsp3) is 0.636. The summed E-state index contributed by atoms with van der Waals surface area (Å²) in [4.78, 5) is 17.2. The third kappa shape index (κ3) is 5.09. The number of rotatable bonds is 6. The molecule has 1 aromatic carbocycles. The van der Waals surface area contributed by atoms with Crippen molar-refractivity contribution in [1.29, 1.82) is 5.26 Å². The molecule has 1 amide bonds. The molecule has 0 saturated carbocycles. The van der Waals surface area contributed by atoms with E-state index in [2.05, 4.69) is 11.0 Å². The lowest BCUT2D eigenvalue weighted by Gasteiger charge is -2.38. The summed E-state index contributed by atoms with van der Waals surface area (Å²) in [7, 11) is -3.69. The van der Waals surface area contributed by atoms with Gasteiger partial charge in [-0.2, -0.15) is 9.57 Å². The Balaban J connectivity index is 1.79. The summed E-state index contributed by atoms with van der Waals surface area (Å²) < 4.78 is 33.2. The zero-order valence-corrected chi connectivity index (χ0v) is 19.4. The number of amides is 1. The lowest BCUT2D eigenvalue weighted by molar-refractivity contribution is 0.0576. The number of carbonyl (C=O) groups is 1. The van der Waals surface area contributed by atoms with Gasteiger partial charge in [-0.1, -0.05) is 26.8 Å². The molecular weight excluding hydrogens is 416 g/mol. The van der Waals surface area contributed by atoms with Crippen molar-refractivity contribution in [1.82, 2.24) is 14.1 Å². The fourth-order valence-electron chi connectivity index (χ4n) is 4.18. The maximum atomic E-state index is 13.2. The molecule has 0 aromatic heterocycles. The van der Waals surface area contributed by atoms with Crippen molar-refractivity contribution >= 4 is 15.9 Å². The van der Waals surface area contributed by atoms with Crippen LogP contribution < -0.4 is 0 Å². The highest BCUT2D eigenvalue weighted by Gasteiger charge is 2.31. The lowest BCUT2D eigenvalue weighted by Crippen LogP contribution is -2.52. The highest BCUT2D eigenvalue weighted by Crippen LogP contribution is 2.24. The predicted molar refractivity (Wildman–Crippen MR) is 117 cm³/mol. The first-order valence-corrected chi connectivity index (χ1v) is 12.4. The lowest BCUT2D eigenvalue weighted by atomic mass is 10.0. The van der Waals surface area contributed by atoms with Gasteiger partial charge in [0.15, 0.2) is 0 Å².